The number of thioether (sulfide) groups is 1. The van der Waals surface area contributed by atoms with Crippen LogP contribution in [0.1, 0.15) is 19.8 Å². The summed E-state index contributed by atoms with van der Waals surface area (Å²) in [6.07, 6.45) is 1.84. The molecule has 0 aromatic carbocycles. The van der Waals surface area contributed by atoms with Crippen LogP contribution >= 0.6 is 11.8 Å². The molecule has 0 spiro atoms. The van der Waals surface area contributed by atoms with E-state index in [9.17, 15) is 4.79 Å². The molecular weight excluding hydrogens is 202 g/mol. The molecule has 2 atom stereocenters. The highest BCUT2D eigenvalue weighted by Gasteiger charge is 2.18. The fourth-order valence-electron chi connectivity index (χ4n) is 1.06. The Labute approximate surface area is 89.2 Å². The lowest BCUT2D eigenvalue weighted by Gasteiger charge is -2.20. The number of aliphatic hydroxyl groups is 1. The number of nitrogens with two attached hydrogens (primary N) is 1. The molecule has 0 bridgehead atoms. The SMILES string of the molecule is CCCC(N)C(CO)SCC(=O)OC. The number of hydrogen-bond acceptors (Lipinski definition) is 5. The monoisotopic (exact) mass is 221 g/mol. The van der Waals surface area contributed by atoms with Gasteiger partial charge < -0.3 is 15.6 Å². The molecule has 0 aromatic rings. The number of rotatable bonds is 7. The molecule has 4 nitrogen and oxygen atoms in total. The summed E-state index contributed by atoms with van der Waals surface area (Å²) in [5, 5.41) is 8.98. The highest BCUT2D eigenvalue weighted by molar-refractivity contribution is 8.00. The van der Waals surface area contributed by atoms with Gasteiger partial charge in [0.15, 0.2) is 0 Å². The van der Waals surface area contributed by atoms with E-state index in [-0.39, 0.29) is 29.6 Å². The van der Waals surface area contributed by atoms with Crippen LogP contribution in [-0.4, -0.2) is 41.8 Å². The van der Waals surface area contributed by atoms with Crippen molar-refractivity contribution in [3.05, 3.63) is 0 Å². The largest absolute Gasteiger partial charge is 0.468 e. The Kier molecular flexibility index (Phi) is 7.93. The number of methoxy groups -OCH3 is 1. The Bertz CT molecular complexity index is 166. The van der Waals surface area contributed by atoms with Gasteiger partial charge in [-0.1, -0.05) is 13.3 Å². The maximum atomic E-state index is 10.8. The molecule has 84 valence electrons. The van der Waals surface area contributed by atoms with Crippen molar-refractivity contribution in [1.29, 1.82) is 0 Å². The fraction of sp³-hybridized carbons (Fsp3) is 0.889. The summed E-state index contributed by atoms with van der Waals surface area (Å²) in [4.78, 5) is 10.8. The van der Waals surface area contributed by atoms with Gasteiger partial charge >= 0.3 is 5.97 Å². The molecule has 0 aliphatic carbocycles. The van der Waals surface area contributed by atoms with Gasteiger partial charge in [-0.3, -0.25) is 4.79 Å². The molecule has 0 rings (SSSR count). The van der Waals surface area contributed by atoms with E-state index in [2.05, 4.69) is 4.74 Å². The number of ether oxygens (including phenoxy) is 1. The summed E-state index contributed by atoms with van der Waals surface area (Å²) in [6.45, 7) is 2.04. The molecule has 0 radical (unpaired) electrons. The second kappa shape index (κ2) is 8.08. The smallest absolute Gasteiger partial charge is 0.315 e. The van der Waals surface area contributed by atoms with Crippen LogP contribution < -0.4 is 5.73 Å². The van der Waals surface area contributed by atoms with E-state index in [1.165, 1.54) is 18.9 Å². The lowest BCUT2D eigenvalue weighted by molar-refractivity contribution is -0.137. The molecule has 0 heterocycles. The topological polar surface area (TPSA) is 72.5 Å². The molecule has 0 aliphatic rings. The number of aliphatic hydroxyl groups excluding tert-OH is 1. The van der Waals surface area contributed by atoms with Crippen molar-refractivity contribution in [2.45, 2.75) is 31.1 Å². The molecule has 0 aromatic heterocycles. The maximum absolute atomic E-state index is 10.8. The zero-order valence-electron chi connectivity index (χ0n) is 8.73. The Hall–Kier alpha value is -0.260. The van der Waals surface area contributed by atoms with E-state index < -0.39 is 0 Å². The number of hydrogen-bond donors (Lipinski definition) is 2. The number of carbonyl (C=O) groups is 1. The van der Waals surface area contributed by atoms with Gasteiger partial charge in [0.05, 0.1) is 19.5 Å². The van der Waals surface area contributed by atoms with Gasteiger partial charge in [-0.2, -0.15) is 0 Å². The van der Waals surface area contributed by atoms with E-state index in [1.54, 1.807) is 0 Å². The third-order valence-electron chi connectivity index (χ3n) is 1.92. The van der Waals surface area contributed by atoms with Crippen molar-refractivity contribution in [1.82, 2.24) is 0 Å². The standard InChI is InChI=1S/C9H19NO3S/c1-3-4-7(10)8(5-11)14-6-9(12)13-2/h7-8,11H,3-6,10H2,1-2H3. The van der Waals surface area contributed by atoms with E-state index in [4.69, 9.17) is 10.8 Å². The number of carbonyl (C=O) groups excluding carboxylic acids is 1. The summed E-state index contributed by atoms with van der Waals surface area (Å²) in [7, 11) is 1.35. The van der Waals surface area contributed by atoms with Crippen LogP contribution in [0.3, 0.4) is 0 Å². The minimum absolute atomic E-state index is 0.00281. The van der Waals surface area contributed by atoms with Gasteiger partial charge in [0.25, 0.3) is 0 Å². The van der Waals surface area contributed by atoms with Gasteiger partial charge in [0.2, 0.25) is 0 Å². The summed E-state index contributed by atoms with van der Waals surface area (Å²) in [5.41, 5.74) is 5.83. The Morgan fingerprint density at radius 3 is 2.71 bits per heavy atom. The van der Waals surface area contributed by atoms with Crippen LogP contribution in [0, 0.1) is 0 Å². The Morgan fingerprint density at radius 2 is 2.29 bits per heavy atom. The van der Waals surface area contributed by atoms with Crippen molar-refractivity contribution in [3.8, 4) is 0 Å². The summed E-state index contributed by atoms with van der Waals surface area (Å²) < 4.78 is 4.50. The molecule has 5 heteroatoms. The lowest BCUT2D eigenvalue weighted by Crippen LogP contribution is -2.35. The molecule has 0 amide bonds. The first-order valence-electron chi connectivity index (χ1n) is 4.70. The molecule has 0 fully saturated rings. The van der Waals surface area contributed by atoms with Gasteiger partial charge in [-0.15, -0.1) is 11.8 Å². The van der Waals surface area contributed by atoms with Crippen LogP contribution in [0.2, 0.25) is 0 Å². The predicted octanol–water partition coefficient (Wildman–Crippen LogP) is 0.381. The second-order valence-corrected chi connectivity index (χ2v) is 4.29. The van der Waals surface area contributed by atoms with Gasteiger partial charge in [0.1, 0.15) is 0 Å². The average Bonchev–Trinajstić information content (AvgIpc) is 2.18. The Morgan fingerprint density at radius 1 is 1.64 bits per heavy atom. The first-order valence-corrected chi connectivity index (χ1v) is 5.75. The van der Waals surface area contributed by atoms with Crippen LogP contribution in [0.4, 0.5) is 0 Å². The van der Waals surface area contributed by atoms with Crippen molar-refractivity contribution in [3.63, 3.8) is 0 Å². The molecule has 14 heavy (non-hydrogen) atoms. The predicted molar refractivity (Wildman–Crippen MR) is 58.2 cm³/mol. The summed E-state index contributed by atoms with van der Waals surface area (Å²) in [6, 6.07) is -0.0559. The average molecular weight is 221 g/mol. The number of esters is 1. The van der Waals surface area contributed by atoms with Crippen LogP contribution in [0.25, 0.3) is 0 Å². The molecular formula is C9H19NO3S. The minimum atomic E-state index is -0.280. The molecule has 2 unspecified atom stereocenters. The maximum Gasteiger partial charge on any atom is 0.315 e. The first kappa shape index (κ1) is 13.7. The Balaban J connectivity index is 3.83. The van der Waals surface area contributed by atoms with Crippen LogP contribution in [0.5, 0.6) is 0 Å². The van der Waals surface area contributed by atoms with E-state index in [0.717, 1.165) is 12.8 Å². The van der Waals surface area contributed by atoms with E-state index >= 15 is 0 Å². The summed E-state index contributed by atoms with van der Waals surface area (Å²) in [5.74, 6) is -0.0313. The van der Waals surface area contributed by atoms with Gasteiger partial charge in [0, 0.05) is 11.3 Å². The molecule has 3 N–H and O–H groups in total. The first-order chi connectivity index (χ1) is 6.65. The van der Waals surface area contributed by atoms with Crippen LogP contribution in [-0.2, 0) is 9.53 Å². The quantitative estimate of drug-likeness (QED) is 0.608. The highest BCUT2D eigenvalue weighted by Crippen LogP contribution is 2.16. The van der Waals surface area contributed by atoms with E-state index in [1.807, 2.05) is 6.92 Å². The zero-order valence-corrected chi connectivity index (χ0v) is 9.55. The molecule has 0 saturated carbocycles. The zero-order chi connectivity index (χ0) is 11.0. The summed E-state index contributed by atoms with van der Waals surface area (Å²) >= 11 is 1.35. The fourth-order valence-corrected chi connectivity index (χ4v) is 2.02. The van der Waals surface area contributed by atoms with Crippen molar-refractivity contribution < 1.29 is 14.6 Å². The third-order valence-corrected chi connectivity index (χ3v) is 3.25. The molecule has 0 saturated heterocycles. The van der Waals surface area contributed by atoms with Crippen molar-refractivity contribution in [2.75, 3.05) is 19.5 Å². The van der Waals surface area contributed by atoms with Crippen molar-refractivity contribution >= 4 is 17.7 Å². The van der Waals surface area contributed by atoms with Gasteiger partial charge in [-0.05, 0) is 6.42 Å². The van der Waals surface area contributed by atoms with E-state index in [0.29, 0.717) is 0 Å². The highest BCUT2D eigenvalue weighted by atomic mass is 32.2. The van der Waals surface area contributed by atoms with Crippen LogP contribution in [0.15, 0.2) is 0 Å². The third kappa shape index (κ3) is 5.47. The second-order valence-electron chi connectivity index (χ2n) is 3.06. The minimum Gasteiger partial charge on any atom is -0.468 e. The molecule has 0 aliphatic heterocycles. The normalized spacial score (nSPS) is 14.9. The lowest BCUT2D eigenvalue weighted by atomic mass is 10.1. The van der Waals surface area contributed by atoms with Gasteiger partial charge in [-0.25, -0.2) is 0 Å². The van der Waals surface area contributed by atoms with Crippen molar-refractivity contribution in [2.24, 2.45) is 5.73 Å².